The van der Waals surface area contributed by atoms with Crippen LogP contribution in [0.2, 0.25) is 0 Å². The van der Waals surface area contributed by atoms with E-state index in [2.05, 4.69) is 25.6 Å². The first-order chi connectivity index (χ1) is 12.6. The first-order valence-corrected chi connectivity index (χ1v) is 9.82. The monoisotopic (exact) mass is 354 g/mol. The van der Waals surface area contributed by atoms with E-state index in [0.29, 0.717) is 23.5 Å². The summed E-state index contributed by atoms with van der Waals surface area (Å²) in [6, 6.07) is 11.4. The fourth-order valence-electron chi connectivity index (χ4n) is 4.25. The van der Waals surface area contributed by atoms with Gasteiger partial charge in [0.25, 0.3) is 0 Å². The molecule has 0 amide bonds. The molecule has 1 saturated carbocycles. The Morgan fingerprint density at radius 1 is 0.962 bits per heavy atom. The van der Waals surface area contributed by atoms with Gasteiger partial charge in [-0.05, 0) is 60.6 Å². The van der Waals surface area contributed by atoms with Gasteiger partial charge in [-0.25, -0.2) is 8.78 Å². The number of halogens is 2. The van der Waals surface area contributed by atoms with Crippen molar-refractivity contribution >= 4 is 0 Å². The van der Waals surface area contributed by atoms with E-state index < -0.39 is 11.6 Å². The van der Waals surface area contributed by atoms with Crippen LogP contribution < -0.4 is 0 Å². The topological polar surface area (TPSA) is 0 Å². The standard InChI is InChI=1S/C24H28F2/c1-3-5-17-7-9-18(10-8-17)19-11-13-20(14-12-19)22-16-15-21(6-4-2)23(25)24(22)26/h4,11-18H,2-3,5-10H2,1H3. The zero-order valence-electron chi connectivity index (χ0n) is 15.6. The number of allylic oxidation sites excluding steroid dienone is 1. The fraction of sp³-hybridized carbons (Fsp3) is 0.417. The van der Waals surface area contributed by atoms with Gasteiger partial charge in [-0.15, -0.1) is 6.58 Å². The molecule has 0 atom stereocenters. The van der Waals surface area contributed by atoms with E-state index in [0.717, 1.165) is 11.5 Å². The van der Waals surface area contributed by atoms with E-state index in [1.165, 1.54) is 44.1 Å². The highest BCUT2D eigenvalue weighted by molar-refractivity contribution is 5.65. The van der Waals surface area contributed by atoms with Crippen LogP contribution in [0.25, 0.3) is 11.1 Å². The number of rotatable bonds is 6. The normalized spacial score (nSPS) is 20.1. The molecule has 0 spiro atoms. The summed E-state index contributed by atoms with van der Waals surface area (Å²) in [6.45, 7) is 5.85. The highest BCUT2D eigenvalue weighted by Crippen LogP contribution is 2.38. The summed E-state index contributed by atoms with van der Waals surface area (Å²) in [5.74, 6) is -0.0340. The summed E-state index contributed by atoms with van der Waals surface area (Å²) in [7, 11) is 0. The van der Waals surface area contributed by atoms with E-state index in [-0.39, 0.29) is 0 Å². The van der Waals surface area contributed by atoms with E-state index in [1.807, 2.05) is 12.1 Å². The molecule has 2 aromatic rings. The molecule has 0 nitrogen and oxygen atoms in total. The molecule has 2 aromatic carbocycles. The number of benzene rings is 2. The Balaban J connectivity index is 1.74. The Bertz CT molecular complexity index is 738. The molecule has 0 saturated heterocycles. The van der Waals surface area contributed by atoms with Gasteiger partial charge in [-0.1, -0.05) is 62.2 Å². The molecule has 0 N–H and O–H groups in total. The zero-order chi connectivity index (χ0) is 18.5. The van der Waals surface area contributed by atoms with Crippen LogP contribution in [0.5, 0.6) is 0 Å². The van der Waals surface area contributed by atoms with Gasteiger partial charge < -0.3 is 0 Å². The highest BCUT2D eigenvalue weighted by Gasteiger charge is 2.22. The molecule has 1 fully saturated rings. The minimum Gasteiger partial charge on any atom is -0.203 e. The van der Waals surface area contributed by atoms with Gasteiger partial charge >= 0.3 is 0 Å². The van der Waals surface area contributed by atoms with Crippen molar-refractivity contribution in [3.63, 3.8) is 0 Å². The van der Waals surface area contributed by atoms with Gasteiger partial charge in [-0.2, -0.15) is 0 Å². The van der Waals surface area contributed by atoms with Crippen molar-refractivity contribution in [2.45, 2.75) is 57.8 Å². The van der Waals surface area contributed by atoms with Crippen LogP contribution in [0.3, 0.4) is 0 Å². The predicted molar refractivity (Wildman–Crippen MR) is 105 cm³/mol. The van der Waals surface area contributed by atoms with Crippen LogP contribution in [-0.2, 0) is 6.42 Å². The summed E-state index contributed by atoms with van der Waals surface area (Å²) in [4.78, 5) is 0. The van der Waals surface area contributed by atoms with Crippen molar-refractivity contribution in [2.75, 3.05) is 0 Å². The molecule has 2 heteroatoms. The van der Waals surface area contributed by atoms with E-state index >= 15 is 0 Å². The SMILES string of the molecule is C=CCc1ccc(-c2ccc(C3CCC(CCC)CC3)cc2)c(F)c1F. The van der Waals surface area contributed by atoms with E-state index in [4.69, 9.17) is 0 Å². The van der Waals surface area contributed by atoms with Crippen molar-refractivity contribution in [1.29, 1.82) is 0 Å². The van der Waals surface area contributed by atoms with Gasteiger partial charge in [0, 0.05) is 5.56 Å². The maximum atomic E-state index is 14.4. The van der Waals surface area contributed by atoms with Crippen LogP contribution in [0.4, 0.5) is 8.78 Å². The summed E-state index contributed by atoms with van der Waals surface area (Å²) < 4.78 is 28.6. The predicted octanol–water partition coefficient (Wildman–Crippen LogP) is 7.43. The molecule has 0 aromatic heterocycles. The second-order valence-corrected chi connectivity index (χ2v) is 7.52. The minimum atomic E-state index is -0.767. The molecule has 3 rings (SSSR count). The Hall–Kier alpha value is -1.96. The Morgan fingerprint density at radius 2 is 1.65 bits per heavy atom. The van der Waals surface area contributed by atoms with E-state index in [9.17, 15) is 8.78 Å². The Labute approximate surface area is 156 Å². The molecule has 0 aliphatic heterocycles. The van der Waals surface area contributed by atoms with Gasteiger partial charge in [0.2, 0.25) is 0 Å². The fourth-order valence-corrected chi connectivity index (χ4v) is 4.25. The molecule has 1 aliphatic carbocycles. The van der Waals surface area contributed by atoms with Crippen molar-refractivity contribution in [2.24, 2.45) is 5.92 Å². The lowest BCUT2D eigenvalue weighted by Crippen LogP contribution is -2.13. The third-order valence-corrected chi connectivity index (χ3v) is 5.76. The molecule has 138 valence electrons. The lowest BCUT2D eigenvalue weighted by atomic mass is 9.77. The first-order valence-electron chi connectivity index (χ1n) is 9.82. The molecule has 0 heterocycles. The van der Waals surface area contributed by atoms with Crippen molar-refractivity contribution in [1.82, 2.24) is 0 Å². The lowest BCUT2D eigenvalue weighted by Gasteiger charge is -2.28. The zero-order valence-corrected chi connectivity index (χ0v) is 15.6. The van der Waals surface area contributed by atoms with Crippen molar-refractivity contribution < 1.29 is 8.78 Å². The smallest absolute Gasteiger partial charge is 0.166 e. The molecule has 0 radical (unpaired) electrons. The average molecular weight is 354 g/mol. The Kier molecular flexibility index (Phi) is 6.24. The highest BCUT2D eigenvalue weighted by atomic mass is 19.2. The molecule has 1 aliphatic rings. The van der Waals surface area contributed by atoms with Crippen LogP contribution in [0.15, 0.2) is 49.1 Å². The molecular formula is C24H28F2. The van der Waals surface area contributed by atoms with E-state index in [1.54, 1.807) is 18.2 Å². The van der Waals surface area contributed by atoms with Crippen LogP contribution in [0.1, 0.15) is 62.5 Å². The summed E-state index contributed by atoms with van der Waals surface area (Å²) >= 11 is 0. The third-order valence-electron chi connectivity index (χ3n) is 5.76. The molecule has 26 heavy (non-hydrogen) atoms. The lowest BCUT2D eigenvalue weighted by molar-refractivity contribution is 0.308. The maximum absolute atomic E-state index is 14.4. The van der Waals surface area contributed by atoms with Crippen molar-refractivity contribution in [3.05, 3.63) is 71.8 Å². The third kappa shape index (κ3) is 4.06. The van der Waals surface area contributed by atoms with Gasteiger partial charge in [0.1, 0.15) is 0 Å². The summed E-state index contributed by atoms with van der Waals surface area (Å²) in [6.07, 6.45) is 9.64. The van der Waals surface area contributed by atoms with Crippen molar-refractivity contribution in [3.8, 4) is 11.1 Å². The average Bonchev–Trinajstić information content (AvgIpc) is 2.67. The second-order valence-electron chi connectivity index (χ2n) is 7.52. The van der Waals surface area contributed by atoms with Crippen LogP contribution >= 0.6 is 0 Å². The number of hydrogen-bond acceptors (Lipinski definition) is 0. The number of hydrogen-bond donors (Lipinski definition) is 0. The summed E-state index contributed by atoms with van der Waals surface area (Å²) in [5.41, 5.74) is 2.73. The molecule has 0 unspecified atom stereocenters. The molecular weight excluding hydrogens is 326 g/mol. The Morgan fingerprint density at radius 3 is 2.27 bits per heavy atom. The maximum Gasteiger partial charge on any atom is 0.166 e. The molecule has 0 bridgehead atoms. The summed E-state index contributed by atoms with van der Waals surface area (Å²) in [5, 5.41) is 0. The second kappa shape index (κ2) is 8.62. The first kappa shape index (κ1) is 18.8. The van der Waals surface area contributed by atoms with Gasteiger partial charge in [0.05, 0.1) is 0 Å². The van der Waals surface area contributed by atoms with Crippen LogP contribution in [0, 0.1) is 17.6 Å². The van der Waals surface area contributed by atoms with Gasteiger partial charge in [0.15, 0.2) is 11.6 Å². The quantitative estimate of drug-likeness (QED) is 0.473. The van der Waals surface area contributed by atoms with Gasteiger partial charge in [-0.3, -0.25) is 0 Å². The minimum absolute atomic E-state index is 0.327. The largest absolute Gasteiger partial charge is 0.203 e. The van der Waals surface area contributed by atoms with Crippen LogP contribution in [-0.4, -0.2) is 0 Å².